The van der Waals surface area contributed by atoms with Gasteiger partial charge < -0.3 is 5.32 Å². The normalized spacial score (nSPS) is 16.0. The average Bonchev–Trinajstić information content (AvgIpc) is 2.85. The first-order chi connectivity index (χ1) is 11.5. The van der Waals surface area contributed by atoms with E-state index in [-0.39, 0.29) is 16.4 Å². The maximum absolute atomic E-state index is 13.8. The number of anilines is 1. The molecule has 1 aliphatic rings. The number of thiocarbonyl (C=S) groups is 1. The standard InChI is InChI=1S/C18H14F2N2OS/c1-2-11-5-3-7-13(9-11)22-17(23)15(21-18(22)24)10-12-6-4-8-14(19)16(12)20/h3-10H,2H2,1H3,(H,21,24). The Labute approximate surface area is 143 Å². The molecule has 2 aromatic carbocycles. The Morgan fingerprint density at radius 1 is 1.21 bits per heavy atom. The van der Waals surface area contributed by atoms with Crippen molar-refractivity contribution in [3.8, 4) is 0 Å². The summed E-state index contributed by atoms with van der Waals surface area (Å²) in [5, 5.41) is 2.97. The van der Waals surface area contributed by atoms with Gasteiger partial charge in [-0.1, -0.05) is 31.2 Å². The first-order valence-electron chi connectivity index (χ1n) is 7.41. The van der Waals surface area contributed by atoms with Gasteiger partial charge in [0.05, 0.1) is 5.69 Å². The van der Waals surface area contributed by atoms with Crippen LogP contribution in [-0.4, -0.2) is 11.0 Å². The van der Waals surface area contributed by atoms with Gasteiger partial charge in [0, 0.05) is 5.56 Å². The SMILES string of the molecule is CCc1cccc(N2C(=O)C(=Cc3cccc(F)c3F)NC2=S)c1. The van der Waals surface area contributed by atoms with Crippen LogP contribution < -0.4 is 10.2 Å². The Bertz CT molecular complexity index is 864. The molecule has 0 saturated carbocycles. The van der Waals surface area contributed by atoms with E-state index in [4.69, 9.17) is 12.2 Å². The maximum Gasteiger partial charge on any atom is 0.281 e. The van der Waals surface area contributed by atoms with Gasteiger partial charge in [-0.15, -0.1) is 0 Å². The van der Waals surface area contributed by atoms with E-state index in [1.54, 1.807) is 6.07 Å². The van der Waals surface area contributed by atoms with Gasteiger partial charge in [0.1, 0.15) is 5.70 Å². The minimum atomic E-state index is -1.00. The van der Waals surface area contributed by atoms with Gasteiger partial charge in [-0.25, -0.2) is 8.78 Å². The van der Waals surface area contributed by atoms with Crippen molar-refractivity contribution in [1.82, 2.24) is 5.32 Å². The van der Waals surface area contributed by atoms with Crippen LogP contribution in [0.25, 0.3) is 6.08 Å². The number of hydrogen-bond donors (Lipinski definition) is 1. The highest BCUT2D eigenvalue weighted by Crippen LogP contribution is 2.24. The number of halogens is 2. The molecular weight excluding hydrogens is 330 g/mol. The van der Waals surface area contributed by atoms with Gasteiger partial charge in [0.25, 0.3) is 5.91 Å². The predicted octanol–water partition coefficient (Wildman–Crippen LogP) is 3.79. The zero-order valence-corrected chi connectivity index (χ0v) is 13.7. The van der Waals surface area contributed by atoms with Crippen LogP contribution in [0.15, 0.2) is 48.2 Å². The molecule has 1 fully saturated rings. The van der Waals surface area contributed by atoms with Crippen molar-refractivity contribution < 1.29 is 13.6 Å². The van der Waals surface area contributed by atoms with Crippen molar-refractivity contribution in [2.75, 3.05) is 4.90 Å². The number of benzene rings is 2. The van der Waals surface area contributed by atoms with E-state index in [0.29, 0.717) is 5.69 Å². The van der Waals surface area contributed by atoms with E-state index in [1.807, 2.05) is 25.1 Å². The molecule has 0 spiro atoms. The molecule has 1 amide bonds. The Kier molecular flexibility index (Phi) is 4.40. The summed E-state index contributed by atoms with van der Waals surface area (Å²) in [7, 11) is 0. The van der Waals surface area contributed by atoms with Gasteiger partial charge in [-0.05, 0) is 48.5 Å². The third kappa shape index (κ3) is 2.92. The summed E-state index contributed by atoms with van der Waals surface area (Å²) in [4.78, 5) is 14.0. The molecular formula is C18H14F2N2OS. The van der Waals surface area contributed by atoms with Crippen molar-refractivity contribution in [1.29, 1.82) is 0 Å². The van der Waals surface area contributed by atoms with Crippen LogP contribution in [0.1, 0.15) is 18.1 Å². The minimum Gasteiger partial charge on any atom is -0.327 e. The van der Waals surface area contributed by atoms with Crippen molar-refractivity contribution in [2.24, 2.45) is 0 Å². The number of aryl methyl sites for hydroxylation is 1. The van der Waals surface area contributed by atoms with Crippen LogP contribution in [-0.2, 0) is 11.2 Å². The number of rotatable bonds is 3. The molecule has 122 valence electrons. The Morgan fingerprint density at radius 3 is 2.71 bits per heavy atom. The summed E-state index contributed by atoms with van der Waals surface area (Å²) < 4.78 is 27.1. The molecule has 1 saturated heterocycles. The third-order valence-corrected chi connectivity index (χ3v) is 4.02. The van der Waals surface area contributed by atoms with Crippen LogP contribution in [0.2, 0.25) is 0 Å². The number of carbonyl (C=O) groups is 1. The number of nitrogens with one attached hydrogen (secondary N) is 1. The highest BCUT2D eigenvalue weighted by atomic mass is 32.1. The molecule has 0 bridgehead atoms. The zero-order chi connectivity index (χ0) is 17.3. The molecule has 0 aromatic heterocycles. The summed E-state index contributed by atoms with van der Waals surface area (Å²) in [6, 6.07) is 11.2. The van der Waals surface area contributed by atoms with E-state index < -0.39 is 17.5 Å². The fourth-order valence-corrected chi connectivity index (χ4v) is 2.77. The van der Waals surface area contributed by atoms with E-state index >= 15 is 0 Å². The Morgan fingerprint density at radius 2 is 1.96 bits per heavy atom. The molecule has 0 radical (unpaired) electrons. The fourth-order valence-electron chi connectivity index (χ4n) is 2.47. The molecule has 2 aromatic rings. The first kappa shape index (κ1) is 16.3. The molecule has 1 heterocycles. The second-order valence-corrected chi connectivity index (χ2v) is 5.68. The van der Waals surface area contributed by atoms with E-state index in [9.17, 15) is 13.6 Å². The second-order valence-electron chi connectivity index (χ2n) is 5.30. The van der Waals surface area contributed by atoms with E-state index in [0.717, 1.165) is 18.1 Å². The zero-order valence-electron chi connectivity index (χ0n) is 12.8. The molecule has 1 aliphatic heterocycles. The predicted molar refractivity (Wildman–Crippen MR) is 93.4 cm³/mol. The van der Waals surface area contributed by atoms with Gasteiger partial charge in [-0.3, -0.25) is 9.69 Å². The minimum absolute atomic E-state index is 0.0159. The third-order valence-electron chi connectivity index (χ3n) is 3.74. The first-order valence-corrected chi connectivity index (χ1v) is 7.82. The summed E-state index contributed by atoms with van der Waals surface area (Å²) in [6.07, 6.45) is 2.09. The lowest BCUT2D eigenvalue weighted by atomic mass is 10.1. The van der Waals surface area contributed by atoms with Crippen molar-refractivity contribution >= 4 is 35.0 Å². The summed E-state index contributed by atoms with van der Waals surface area (Å²) in [6.45, 7) is 2.01. The van der Waals surface area contributed by atoms with Crippen LogP contribution in [0.3, 0.4) is 0 Å². The fraction of sp³-hybridized carbons (Fsp3) is 0.111. The van der Waals surface area contributed by atoms with Crippen molar-refractivity contribution in [3.05, 3.63) is 70.9 Å². The lowest BCUT2D eigenvalue weighted by molar-refractivity contribution is -0.113. The number of nitrogens with zero attached hydrogens (tertiary/aromatic N) is 1. The molecule has 3 rings (SSSR count). The highest BCUT2D eigenvalue weighted by molar-refractivity contribution is 7.80. The largest absolute Gasteiger partial charge is 0.327 e. The molecule has 6 heteroatoms. The lowest BCUT2D eigenvalue weighted by Gasteiger charge is -2.14. The quantitative estimate of drug-likeness (QED) is 0.679. The molecule has 0 unspecified atom stereocenters. The summed E-state index contributed by atoms with van der Waals surface area (Å²) in [5.74, 6) is -2.38. The second kappa shape index (κ2) is 6.49. The molecule has 0 atom stereocenters. The van der Waals surface area contributed by atoms with E-state index in [1.165, 1.54) is 23.1 Å². The average molecular weight is 344 g/mol. The topological polar surface area (TPSA) is 32.3 Å². The van der Waals surface area contributed by atoms with Gasteiger partial charge in [0.2, 0.25) is 0 Å². The molecule has 24 heavy (non-hydrogen) atoms. The molecule has 0 aliphatic carbocycles. The van der Waals surface area contributed by atoms with Crippen LogP contribution >= 0.6 is 12.2 Å². The van der Waals surface area contributed by atoms with Gasteiger partial charge in [0.15, 0.2) is 16.7 Å². The van der Waals surface area contributed by atoms with Crippen molar-refractivity contribution in [3.63, 3.8) is 0 Å². The summed E-state index contributed by atoms with van der Waals surface area (Å²) >= 11 is 5.22. The molecule has 3 nitrogen and oxygen atoms in total. The maximum atomic E-state index is 13.8. The Balaban J connectivity index is 1.97. The highest BCUT2D eigenvalue weighted by Gasteiger charge is 2.32. The van der Waals surface area contributed by atoms with E-state index in [2.05, 4.69) is 5.32 Å². The molecule has 1 N–H and O–H groups in total. The number of amides is 1. The van der Waals surface area contributed by atoms with Crippen LogP contribution in [0, 0.1) is 11.6 Å². The number of hydrogen-bond acceptors (Lipinski definition) is 2. The van der Waals surface area contributed by atoms with Gasteiger partial charge >= 0.3 is 0 Å². The monoisotopic (exact) mass is 344 g/mol. The van der Waals surface area contributed by atoms with Crippen LogP contribution in [0.4, 0.5) is 14.5 Å². The smallest absolute Gasteiger partial charge is 0.281 e. The van der Waals surface area contributed by atoms with Crippen LogP contribution in [0.5, 0.6) is 0 Å². The van der Waals surface area contributed by atoms with Gasteiger partial charge in [-0.2, -0.15) is 0 Å². The number of carbonyl (C=O) groups excluding carboxylic acids is 1. The van der Waals surface area contributed by atoms with Crippen molar-refractivity contribution in [2.45, 2.75) is 13.3 Å². The summed E-state index contributed by atoms with van der Waals surface area (Å²) in [5.41, 5.74) is 1.79. The lowest BCUT2D eigenvalue weighted by Crippen LogP contribution is -2.30. The Hall–Kier alpha value is -2.60.